The number of carbonyl (C=O) groups excluding carboxylic acids is 1. The smallest absolute Gasteiger partial charge is 0.416 e. The molecule has 4 aromatic carbocycles. The van der Waals surface area contributed by atoms with E-state index in [1.807, 2.05) is 0 Å². The average Bonchev–Trinajstić information content (AvgIpc) is 2.97. The van der Waals surface area contributed by atoms with Gasteiger partial charge in [-0.25, -0.2) is 4.98 Å². The lowest BCUT2D eigenvalue weighted by Gasteiger charge is -2.13. The standard InChI is InChI=1S/C30H19Cl2F3N4O3/c31-21-8-11-23(12-9-21)37-27(40)17-42-26-13-10-22(32)15-19(26)16-36-39-28(18-4-3-5-20(14-18)30(33,34)35)38-25-7-2-1-6-24(25)29(39)41/h1-16H,17H2,(H,37,40). The first-order chi connectivity index (χ1) is 20.1. The van der Waals surface area contributed by atoms with Gasteiger partial charge in [-0.15, -0.1) is 0 Å². The molecule has 0 fully saturated rings. The lowest BCUT2D eigenvalue weighted by Crippen LogP contribution is -2.21. The van der Waals surface area contributed by atoms with Crippen LogP contribution in [-0.2, 0) is 11.0 Å². The lowest BCUT2D eigenvalue weighted by molar-refractivity contribution is -0.137. The summed E-state index contributed by atoms with van der Waals surface area (Å²) in [6.07, 6.45) is -3.35. The predicted octanol–water partition coefficient (Wildman–Crippen LogP) is 7.29. The third-order valence-electron chi connectivity index (χ3n) is 5.97. The molecule has 0 unspecified atom stereocenters. The van der Waals surface area contributed by atoms with Crippen LogP contribution in [-0.4, -0.2) is 28.4 Å². The van der Waals surface area contributed by atoms with Gasteiger partial charge in [0.25, 0.3) is 11.5 Å². The zero-order chi connectivity index (χ0) is 29.9. The SMILES string of the molecule is O=C(COc1ccc(Cl)cc1C=Nn1c(-c2cccc(C(F)(F)F)c2)nc2ccccc2c1=O)Nc1ccc(Cl)cc1. The number of rotatable bonds is 7. The third-order valence-corrected chi connectivity index (χ3v) is 6.46. The summed E-state index contributed by atoms with van der Waals surface area (Å²) in [5, 5.41) is 8.01. The molecule has 0 radical (unpaired) electrons. The molecule has 0 aliphatic carbocycles. The second-order valence-corrected chi connectivity index (χ2v) is 9.79. The molecular weight excluding hydrogens is 592 g/mol. The second kappa shape index (κ2) is 12.1. The topological polar surface area (TPSA) is 85.6 Å². The Morgan fingerprint density at radius 1 is 0.952 bits per heavy atom. The van der Waals surface area contributed by atoms with Gasteiger partial charge in [0, 0.05) is 26.9 Å². The Morgan fingerprint density at radius 2 is 1.69 bits per heavy atom. The highest BCUT2D eigenvalue weighted by Gasteiger charge is 2.31. The van der Waals surface area contributed by atoms with Gasteiger partial charge in [-0.05, 0) is 66.7 Å². The van der Waals surface area contributed by atoms with Crippen molar-refractivity contribution in [1.29, 1.82) is 0 Å². The fourth-order valence-electron chi connectivity index (χ4n) is 4.00. The molecule has 42 heavy (non-hydrogen) atoms. The van der Waals surface area contributed by atoms with Crippen LogP contribution in [0.1, 0.15) is 11.1 Å². The van der Waals surface area contributed by atoms with Crippen molar-refractivity contribution in [3.8, 4) is 17.1 Å². The number of aromatic nitrogens is 2. The van der Waals surface area contributed by atoms with Crippen LogP contribution in [0.2, 0.25) is 10.0 Å². The molecule has 0 saturated heterocycles. The zero-order valence-electron chi connectivity index (χ0n) is 21.4. The minimum Gasteiger partial charge on any atom is -0.483 e. The van der Waals surface area contributed by atoms with Crippen molar-refractivity contribution in [3.05, 3.63) is 123 Å². The van der Waals surface area contributed by atoms with E-state index in [0.717, 1.165) is 16.8 Å². The van der Waals surface area contributed by atoms with Gasteiger partial charge in [0.05, 0.1) is 22.7 Å². The van der Waals surface area contributed by atoms with Crippen molar-refractivity contribution in [2.24, 2.45) is 5.10 Å². The van der Waals surface area contributed by atoms with Crippen LogP contribution in [0.5, 0.6) is 5.75 Å². The molecule has 5 aromatic rings. The summed E-state index contributed by atoms with van der Waals surface area (Å²) < 4.78 is 47.0. The molecule has 7 nitrogen and oxygen atoms in total. The van der Waals surface area contributed by atoms with E-state index >= 15 is 0 Å². The van der Waals surface area contributed by atoms with Crippen molar-refractivity contribution in [1.82, 2.24) is 9.66 Å². The Labute approximate surface area is 246 Å². The molecule has 0 spiro atoms. The van der Waals surface area contributed by atoms with Gasteiger partial charge in [-0.2, -0.15) is 22.9 Å². The van der Waals surface area contributed by atoms with E-state index in [2.05, 4.69) is 15.4 Å². The van der Waals surface area contributed by atoms with Gasteiger partial charge >= 0.3 is 6.18 Å². The summed E-state index contributed by atoms with van der Waals surface area (Å²) in [5.74, 6) is -0.332. The van der Waals surface area contributed by atoms with Gasteiger partial charge in [0.1, 0.15) is 5.75 Å². The number of para-hydroxylation sites is 1. The van der Waals surface area contributed by atoms with E-state index in [4.69, 9.17) is 27.9 Å². The molecule has 12 heteroatoms. The highest BCUT2D eigenvalue weighted by molar-refractivity contribution is 6.31. The number of carbonyl (C=O) groups is 1. The maximum Gasteiger partial charge on any atom is 0.416 e. The van der Waals surface area contributed by atoms with Gasteiger partial charge in [-0.1, -0.05) is 47.5 Å². The molecule has 0 bridgehead atoms. The Balaban J connectivity index is 1.50. The molecule has 0 atom stereocenters. The van der Waals surface area contributed by atoms with Gasteiger partial charge in [0.15, 0.2) is 12.4 Å². The highest BCUT2D eigenvalue weighted by Crippen LogP contribution is 2.32. The summed E-state index contributed by atoms with van der Waals surface area (Å²) in [6.45, 7) is -0.363. The minimum atomic E-state index is -4.60. The normalized spacial score (nSPS) is 11.6. The van der Waals surface area contributed by atoms with Crippen molar-refractivity contribution in [3.63, 3.8) is 0 Å². The number of hydrogen-bond donors (Lipinski definition) is 1. The highest BCUT2D eigenvalue weighted by atomic mass is 35.5. The van der Waals surface area contributed by atoms with Crippen molar-refractivity contribution < 1.29 is 22.7 Å². The minimum absolute atomic E-state index is 0.0336. The van der Waals surface area contributed by atoms with Crippen molar-refractivity contribution in [2.75, 3.05) is 11.9 Å². The predicted molar refractivity (Wildman–Crippen MR) is 156 cm³/mol. The summed E-state index contributed by atoms with van der Waals surface area (Å²) in [5.41, 5.74) is -0.351. The molecule has 1 aromatic heterocycles. The largest absolute Gasteiger partial charge is 0.483 e. The molecule has 0 aliphatic rings. The second-order valence-electron chi connectivity index (χ2n) is 8.92. The fourth-order valence-corrected chi connectivity index (χ4v) is 4.30. The Kier molecular flexibility index (Phi) is 8.28. The number of ether oxygens (including phenoxy) is 1. The summed E-state index contributed by atoms with van der Waals surface area (Å²) in [6, 6.07) is 22.0. The van der Waals surface area contributed by atoms with Crippen molar-refractivity contribution >= 4 is 51.9 Å². The summed E-state index contributed by atoms with van der Waals surface area (Å²) >= 11 is 12.1. The maximum absolute atomic E-state index is 13.5. The Morgan fingerprint density at radius 3 is 2.45 bits per heavy atom. The molecule has 1 amide bonds. The first kappa shape index (κ1) is 28.8. The molecule has 212 valence electrons. The van der Waals surface area contributed by atoms with E-state index in [1.165, 1.54) is 30.5 Å². The summed E-state index contributed by atoms with van der Waals surface area (Å²) in [4.78, 5) is 30.3. The van der Waals surface area contributed by atoms with Crippen LogP contribution in [0.4, 0.5) is 18.9 Å². The molecule has 1 N–H and O–H groups in total. The van der Waals surface area contributed by atoms with E-state index in [1.54, 1.807) is 54.6 Å². The maximum atomic E-state index is 13.5. The van der Waals surface area contributed by atoms with Gasteiger partial charge in [0.2, 0.25) is 0 Å². The number of amides is 1. The number of anilines is 1. The molecule has 5 rings (SSSR count). The van der Waals surface area contributed by atoms with Crippen LogP contribution in [0.3, 0.4) is 0 Å². The molecule has 1 heterocycles. The van der Waals surface area contributed by atoms with E-state index < -0.39 is 23.2 Å². The molecule has 0 saturated carbocycles. The van der Waals surface area contributed by atoms with Gasteiger partial charge < -0.3 is 10.1 Å². The number of nitrogens with zero attached hydrogens (tertiary/aromatic N) is 3. The van der Waals surface area contributed by atoms with Crippen LogP contribution in [0, 0.1) is 0 Å². The number of halogens is 5. The van der Waals surface area contributed by atoms with Crippen LogP contribution >= 0.6 is 23.2 Å². The van der Waals surface area contributed by atoms with Crippen LogP contribution < -0.4 is 15.6 Å². The van der Waals surface area contributed by atoms with E-state index in [9.17, 15) is 22.8 Å². The third kappa shape index (κ3) is 6.62. The molecule has 0 aliphatic heterocycles. The lowest BCUT2D eigenvalue weighted by atomic mass is 10.1. The summed E-state index contributed by atoms with van der Waals surface area (Å²) in [7, 11) is 0. The number of alkyl halides is 3. The van der Waals surface area contributed by atoms with E-state index in [-0.39, 0.29) is 29.1 Å². The van der Waals surface area contributed by atoms with Gasteiger partial charge in [-0.3, -0.25) is 9.59 Å². The first-order valence-electron chi connectivity index (χ1n) is 12.3. The Hall–Kier alpha value is -4.67. The Bertz CT molecular complexity index is 1870. The number of hydrogen-bond acceptors (Lipinski definition) is 5. The fraction of sp³-hybridized carbons (Fsp3) is 0.0667. The van der Waals surface area contributed by atoms with Crippen molar-refractivity contribution in [2.45, 2.75) is 6.18 Å². The van der Waals surface area contributed by atoms with E-state index in [0.29, 0.717) is 26.8 Å². The first-order valence-corrected chi connectivity index (χ1v) is 13.1. The zero-order valence-corrected chi connectivity index (χ0v) is 22.9. The quantitative estimate of drug-likeness (QED) is 0.196. The number of nitrogens with one attached hydrogen (secondary N) is 1. The molecular formula is C30H19Cl2F3N4O3. The van der Waals surface area contributed by atoms with Crippen LogP contribution in [0.15, 0.2) is 101 Å². The number of benzene rings is 4. The average molecular weight is 611 g/mol. The monoisotopic (exact) mass is 610 g/mol. The van der Waals surface area contributed by atoms with Crippen LogP contribution in [0.25, 0.3) is 22.3 Å². The number of fused-ring (bicyclic) bond motifs is 1.